The van der Waals surface area contributed by atoms with Gasteiger partial charge in [0.05, 0.1) is 12.0 Å². The summed E-state index contributed by atoms with van der Waals surface area (Å²) in [6.07, 6.45) is 3.33. The van der Waals surface area contributed by atoms with Gasteiger partial charge in [0.2, 0.25) is 0 Å². The van der Waals surface area contributed by atoms with Gasteiger partial charge >= 0.3 is 5.97 Å². The number of methoxy groups -OCH3 is 1. The van der Waals surface area contributed by atoms with Gasteiger partial charge in [0.1, 0.15) is 4.32 Å². The topological polar surface area (TPSA) is 55.8 Å². The summed E-state index contributed by atoms with van der Waals surface area (Å²) in [5.74, 6) is 0.134. The summed E-state index contributed by atoms with van der Waals surface area (Å²) in [4.78, 5) is 25.4. The van der Waals surface area contributed by atoms with Gasteiger partial charge in [0.25, 0.3) is 5.91 Å². The number of carbonyl (C=O) groups excluding carboxylic acids is 2. The first-order valence-electron chi connectivity index (χ1n) is 6.69. The zero-order valence-electron chi connectivity index (χ0n) is 12.7. The minimum absolute atomic E-state index is 0.162. The first-order chi connectivity index (χ1) is 11.0. The molecule has 0 atom stereocenters. The Balaban J connectivity index is 2.32. The maximum absolute atomic E-state index is 12.3. The predicted molar refractivity (Wildman–Crippen MR) is 94.4 cm³/mol. The SMILES string of the molecule is C=CCN1C(=O)C(=Cc2ccc(OC)c(OC(C)=O)c2)SC1=S. The maximum atomic E-state index is 12.3. The summed E-state index contributed by atoms with van der Waals surface area (Å²) >= 11 is 6.42. The molecule has 0 aromatic heterocycles. The fourth-order valence-electron chi connectivity index (χ4n) is 1.96. The van der Waals surface area contributed by atoms with Gasteiger partial charge in [-0.25, -0.2) is 0 Å². The van der Waals surface area contributed by atoms with E-state index in [0.29, 0.717) is 32.8 Å². The Morgan fingerprint density at radius 3 is 2.78 bits per heavy atom. The van der Waals surface area contributed by atoms with Crippen molar-refractivity contribution in [1.29, 1.82) is 0 Å². The number of carbonyl (C=O) groups is 2. The second-order valence-electron chi connectivity index (χ2n) is 4.58. The van der Waals surface area contributed by atoms with E-state index in [1.54, 1.807) is 30.4 Å². The molecule has 120 valence electrons. The Kier molecular flexibility index (Phi) is 5.57. The quantitative estimate of drug-likeness (QED) is 0.268. The fraction of sp³-hybridized carbons (Fsp3) is 0.188. The highest BCUT2D eigenvalue weighted by atomic mass is 32.2. The van der Waals surface area contributed by atoms with Crippen molar-refractivity contribution in [2.45, 2.75) is 6.92 Å². The van der Waals surface area contributed by atoms with Gasteiger partial charge in [-0.1, -0.05) is 36.1 Å². The molecule has 1 heterocycles. The van der Waals surface area contributed by atoms with Gasteiger partial charge in [-0.2, -0.15) is 0 Å². The van der Waals surface area contributed by atoms with E-state index < -0.39 is 5.97 Å². The molecule has 0 N–H and O–H groups in total. The number of nitrogens with zero attached hydrogens (tertiary/aromatic N) is 1. The minimum Gasteiger partial charge on any atom is -0.493 e. The van der Waals surface area contributed by atoms with Crippen LogP contribution in [-0.2, 0) is 9.59 Å². The van der Waals surface area contributed by atoms with Crippen LogP contribution in [-0.4, -0.2) is 34.8 Å². The summed E-state index contributed by atoms with van der Waals surface area (Å²) in [6, 6.07) is 5.08. The molecule has 1 fully saturated rings. The molecule has 23 heavy (non-hydrogen) atoms. The van der Waals surface area contributed by atoms with E-state index in [-0.39, 0.29) is 5.91 Å². The number of esters is 1. The number of amides is 1. The van der Waals surface area contributed by atoms with Crippen molar-refractivity contribution in [2.75, 3.05) is 13.7 Å². The molecule has 5 nitrogen and oxygen atoms in total. The van der Waals surface area contributed by atoms with Crippen LogP contribution in [0.1, 0.15) is 12.5 Å². The molecule has 1 saturated heterocycles. The third-order valence-corrected chi connectivity index (χ3v) is 4.30. The second kappa shape index (κ2) is 7.43. The molecule has 0 aliphatic carbocycles. The van der Waals surface area contributed by atoms with Gasteiger partial charge < -0.3 is 9.47 Å². The molecule has 0 unspecified atom stereocenters. The maximum Gasteiger partial charge on any atom is 0.308 e. The van der Waals surface area contributed by atoms with Crippen LogP contribution in [0.25, 0.3) is 6.08 Å². The molecule has 0 bridgehead atoms. The molecule has 0 saturated carbocycles. The van der Waals surface area contributed by atoms with Crippen molar-refractivity contribution in [3.05, 3.63) is 41.3 Å². The first kappa shape index (κ1) is 17.2. The van der Waals surface area contributed by atoms with Crippen LogP contribution in [0.15, 0.2) is 35.8 Å². The minimum atomic E-state index is -0.447. The molecule has 0 spiro atoms. The highest BCUT2D eigenvalue weighted by Gasteiger charge is 2.30. The molecular weight excluding hydrogens is 334 g/mol. The van der Waals surface area contributed by atoms with E-state index in [4.69, 9.17) is 21.7 Å². The monoisotopic (exact) mass is 349 g/mol. The van der Waals surface area contributed by atoms with Crippen molar-refractivity contribution >= 4 is 46.3 Å². The van der Waals surface area contributed by atoms with Crippen molar-refractivity contribution in [3.8, 4) is 11.5 Å². The van der Waals surface area contributed by atoms with Crippen LogP contribution in [0.5, 0.6) is 11.5 Å². The van der Waals surface area contributed by atoms with E-state index in [2.05, 4.69) is 6.58 Å². The predicted octanol–water partition coefficient (Wildman–Crippen LogP) is 3.01. The number of hydrogen-bond donors (Lipinski definition) is 0. The van der Waals surface area contributed by atoms with Crippen LogP contribution in [0.4, 0.5) is 0 Å². The zero-order chi connectivity index (χ0) is 17.0. The lowest BCUT2D eigenvalue weighted by molar-refractivity contribution is -0.132. The first-order valence-corrected chi connectivity index (χ1v) is 7.91. The van der Waals surface area contributed by atoms with Gasteiger partial charge in [-0.05, 0) is 23.8 Å². The third kappa shape index (κ3) is 4.00. The Hall–Kier alpha value is -2.12. The van der Waals surface area contributed by atoms with Crippen LogP contribution in [0.2, 0.25) is 0 Å². The van der Waals surface area contributed by atoms with Crippen molar-refractivity contribution in [3.63, 3.8) is 0 Å². The number of benzene rings is 1. The lowest BCUT2D eigenvalue weighted by atomic mass is 10.2. The third-order valence-electron chi connectivity index (χ3n) is 2.92. The van der Waals surface area contributed by atoms with Crippen molar-refractivity contribution in [2.24, 2.45) is 0 Å². The average molecular weight is 349 g/mol. The summed E-state index contributed by atoms with van der Waals surface area (Å²) < 4.78 is 10.8. The van der Waals surface area contributed by atoms with Crippen LogP contribution in [0.3, 0.4) is 0 Å². The summed E-state index contributed by atoms with van der Waals surface area (Å²) in [6.45, 7) is 5.31. The highest BCUT2D eigenvalue weighted by Crippen LogP contribution is 2.34. The Morgan fingerprint density at radius 2 is 2.17 bits per heavy atom. The molecule has 1 aliphatic heterocycles. The smallest absolute Gasteiger partial charge is 0.308 e. The Morgan fingerprint density at radius 1 is 1.43 bits per heavy atom. The van der Waals surface area contributed by atoms with Crippen molar-refractivity contribution < 1.29 is 19.1 Å². The second-order valence-corrected chi connectivity index (χ2v) is 6.26. The normalized spacial score (nSPS) is 15.9. The molecule has 7 heteroatoms. The molecule has 0 radical (unpaired) electrons. The van der Waals surface area contributed by atoms with E-state index in [1.165, 1.54) is 30.7 Å². The number of thiocarbonyl (C=S) groups is 1. The van der Waals surface area contributed by atoms with Gasteiger partial charge in [-0.3, -0.25) is 14.5 Å². The molecule has 1 amide bonds. The van der Waals surface area contributed by atoms with E-state index in [0.717, 1.165) is 0 Å². The molecule has 1 aromatic carbocycles. The lowest BCUT2D eigenvalue weighted by Crippen LogP contribution is -2.27. The highest BCUT2D eigenvalue weighted by molar-refractivity contribution is 8.26. The van der Waals surface area contributed by atoms with E-state index >= 15 is 0 Å². The molecular formula is C16H15NO4S2. The fourth-order valence-corrected chi connectivity index (χ4v) is 3.23. The number of thioether (sulfide) groups is 1. The summed E-state index contributed by atoms with van der Waals surface area (Å²) in [5.41, 5.74) is 0.709. The van der Waals surface area contributed by atoms with E-state index in [1.807, 2.05) is 0 Å². The van der Waals surface area contributed by atoms with Gasteiger partial charge in [0, 0.05) is 13.5 Å². The average Bonchev–Trinajstić information content (AvgIpc) is 2.75. The molecule has 2 rings (SSSR count). The standard InChI is InChI=1S/C16H15NO4S2/c1-4-7-17-15(19)14(23-16(17)22)9-11-5-6-12(20-3)13(8-11)21-10(2)18/h4-6,8-9H,1,7H2,2-3H3. The molecule has 1 aromatic rings. The largest absolute Gasteiger partial charge is 0.493 e. The van der Waals surface area contributed by atoms with Crippen LogP contribution >= 0.6 is 24.0 Å². The van der Waals surface area contributed by atoms with Crippen molar-refractivity contribution in [1.82, 2.24) is 4.90 Å². The number of rotatable bonds is 5. The number of hydrogen-bond acceptors (Lipinski definition) is 6. The molecule has 1 aliphatic rings. The Bertz CT molecular complexity index is 712. The number of ether oxygens (including phenoxy) is 2. The van der Waals surface area contributed by atoms with Gasteiger partial charge in [0.15, 0.2) is 11.5 Å². The lowest BCUT2D eigenvalue weighted by Gasteiger charge is -2.10. The van der Waals surface area contributed by atoms with Crippen LogP contribution < -0.4 is 9.47 Å². The summed E-state index contributed by atoms with van der Waals surface area (Å²) in [7, 11) is 1.49. The zero-order valence-corrected chi connectivity index (χ0v) is 14.3. The Labute approximate surface area is 143 Å². The summed E-state index contributed by atoms with van der Waals surface area (Å²) in [5, 5.41) is 0. The van der Waals surface area contributed by atoms with Gasteiger partial charge in [-0.15, -0.1) is 6.58 Å². The van der Waals surface area contributed by atoms with Crippen LogP contribution in [0, 0.1) is 0 Å². The van der Waals surface area contributed by atoms with E-state index in [9.17, 15) is 9.59 Å².